The number of hydrogen-bond acceptors (Lipinski definition) is 11. The van der Waals surface area contributed by atoms with E-state index in [1.807, 2.05) is 78.9 Å². The number of amides is 2. The highest BCUT2D eigenvalue weighted by atomic mass is 16.6. The van der Waals surface area contributed by atoms with Crippen molar-refractivity contribution in [3.05, 3.63) is 101 Å². The van der Waals surface area contributed by atoms with Crippen molar-refractivity contribution in [1.29, 1.82) is 0 Å². The second-order valence-corrected chi connectivity index (χ2v) is 13.9. The molecule has 0 aromatic heterocycles. The second-order valence-electron chi connectivity index (χ2n) is 13.9. The van der Waals surface area contributed by atoms with Crippen LogP contribution in [0.2, 0.25) is 0 Å². The topological polar surface area (TPSA) is 157 Å². The van der Waals surface area contributed by atoms with Gasteiger partial charge in [-0.3, -0.25) is 9.69 Å². The van der Waals surface area contributed by atoms with Gasteiger partial charge in [-0.2, -0.15) is 0 Å². The highest BCUT2D eigenvalue weighted by Gasteiger charge is 2.35. The molecular formula is C42H57N3O10. The normalized spacial score (nSPS) is 18.5. The molecule has 1 aliphatic carbocycles. The smallest absolute Gasteiger partial charge is 0.407 e. The Morgan fingerprint density at radius 1 is 0.836 bits per heavy atom. The summed E-state index contributed by atoms with van der Waals surface area (Å²) in [4.78, 5) is 29.4. The maximum absolute atomic E-state index is 14.1. The Kier molecular flexibility index (Phi) is 17.7. The number of nitrogens with zero attached hydrogens (tertiary/aromatic N) is 1. The third-order valence-electron chi connectivity index (χ3n) is 9.91. The first-order chi connectivity index (χ1) is 26.9. The van der Waals surface area contributed by atoms with E-state index in [4.69, 9.17) is 28.4 Å². The van der Waals surface area contributed by atoms with E-state index < -0.39 is 36.3 Å². The third-order valence-corrected chi connectivity index (χ3v) is 9.91. The number of fused-ring (bicyclic) bond motifs is 1. The Labute approximate surface area is 324 Å². The second kappa shape index (κ2) is 23.1. The average molecular weight is 764 g/mol. The monoisotopic (exact) mass is 763 g/mol. The van der Waals surface area contributed by atoms with Gasteiger partial charge in [0, 0.05) is 39.1 Å². The predicted molar refractivity (Wildman–Crippen MR) is 206 cm³/mol. The molecule has 1 heterocycles. The summed E-state index contributed by atoms with van der Waals surface area (Å²) in [7, 11) is 1.61. The van der Waals surface area contributed by atoms with Crippen LogP contribution in [0.15, 0.2) is 78.9 Å². The molecule has 3 aromatic carbocycles. The highest BCUT2D eigenvalue weighted by Crippen LogP contribution is 2.32. The van der Waals surface area contributed by atoms with E-state index in [2.05, 4.69) is 15.5 Å². The lowest BCUT2D eigenvalue weighted by Crippen LogP contribution is -2.47. The molecule has 1 fully saturated rings. The highest BCUT2D eigenvalue weighted by molar-refractivity contribution is 5.80. The molecular weight excluding hydrogens is 706 g/mol. The molecule has 1 aliphatic heterocycles. The van der Waals surface area contributed by atoms with E-state index in [0.29, 0.717) is 52.3 Å². The summed E-state index contributed by atoms with van der Waals surface area (Å²) >= 11 is 0. The number of morpholine rings is 1. The largest absolute Gasteiger partial charge is 0.492 e. The van der Waals surface area contributed by atoms with E-state index in [9.17, 15) is 19.8 Å². The van der Waals surface area contributed by atoms with Crippen molar-refractivity contribution in [3.8, 4) is 5.75 Å². The molecule has 2 amide bonds. The number of rotatable bonds is 23. The lowest BCUT2D eigenvalue weighted by molar-refractivity contribution is -0.127. The van der Waals surface area contributed by atoms with Gasteiger partial charge in [-0.15, -0.1) is 0 Å². The van der Waals surface area contributed by atoms with Crippen LogP contribution in [0.3, 0.4) is 0 Å². The van der Waals surface area contributed by atoms with E-state index in [1.165, 1.54) is 0 Å². The fourth-order valence-electron chi connectivity index (χ4n) is 6.88. The van der Waals surface area contributed by atoms with Gasteiger partial charge in [0.2, 0.25) is 5.91 Å². The number of nitrogens with one attached hydrogen (secondary N) is 2. The molecule has 55 heavy (non-hydrogen) atoms. The Balaban J connectivity index is 1.23. The molecule has 13 heteroatoms. The van der Waals surface area contributed by atoms with Gasteiger partial charge in [0.1, 0.15) is 19.0 Å². The van der Waals surface area contributed by atoms with Crippen LogP contribution in [-0.2, 0) is 47.7 Å². The number of carbonyl (C=O) groups is 2. The predicted octanol–water partition coefficient (Wildman–Crippen LogP) is 3.10. The van der Waals surface area contributed by atoms with Crippen molar-refractivity contribution < 1.29 is 48.2 Å². The van der Waals surface area contributed by atoms with Gasteiger partial charge < -0.3 is 49.3 Å². The molecule has 2 aliphatic rings. The number of methoxy groups -OCH3 is 1. The van der Waals surface area contributed by atoms with Crippen LogP contribution in [0.4, 0.5) is 4.79 Å². The van der Waals surface area contributed by atoms with Crippen LogP contribution >= 0.6 is 0 Å². The van der Waals surface area contributed by atoms with Gasteiger partial charge in [-0.1, -0.05) is 66.7 Å². The Hall–Kier alpha value is -4.08. The van der Waals surface area contributed by atoms with Crippen molar-refractivity contribution in [2.24, 2.45) is 5.92 Å². The molecule has 0 unspecified atom stereocenters. The van der Waals surface area contributed by atoms with Gasteiger partial charge in [-0.05, 0) is 53.6 Å². The van der Waals surface area contributed by atoms with Crippen LogP contribution in [0.5, 0.6) is 5.75 Å². The number of carbonyl (C=O) groups excluding carboxylic acids is 2. The first kappa shape index (κ1) is 42.1. The number of alkyl carbamates (subject to hydrolysis) is 1. The van der Waals surface area contributed by atoms with Crippen LogP contribution in [-0.4, -0.2) is 132 Å². The van der Waals surface area contributed by atoms with Gasteiger partial charge >= 0.3 is 6.09 Å². The lowest BCUT2D eigenvalue weighted by Gasteiger charge is -2.28. The Morgan fingerprint density at radius 2 is 1.51 bits per heavy atom. The summed E-state index contributed by atoms with van der Waals surface area (Å²) in [5.41, 5.74) is 3.67. The van der Waals surface area contributed by atoms with Crippen LogP contribution in [0, 0.1) is 5.92 Å². The molecule has 300 valence electrons. The fraction of sp³-hybridized carbons (Fsp3) is 0.524. The molecule has 0 spiro atoms. The van der Waals surface area contributed by atoms with Gasteiger partial charge in [0.05, 0.1) is 70.5 Å². The first-order valence-electron chi connectivity index (χ1n) is 19.3. The van der Waals surface area contributed by atoms with Crippen LogP contribution < -0.4 is 15.4 Å². The number of aliphatic hydroxyl groups excluding tert-OH is 2. The van der Waals surface area contributed by atoms with Crippen LogP contribution in [0.25, 0.3) is 0 Å². The fourth-order valence-corrected chi connectivity index (χ4v) is 6.88. The summed E-state index contributed by atoms with van der Waals surface area (Å²) in [6.45, 7) is 6.54. The number of benzene rings is 3. The zero-order chi connectivity index (χ0) is 38.7. The lowest BCUT2D eigenvalue weighted by atomic mass is 9.88. The van der Waals surface area contributed by atoms with Gasteiger partial charge in [0.15, 0.2) is 0 Å². The quantitative estimate of drug-likeness (QED) is 0.105. The zero-order valence-electron chi connectivity index (χ0n) is 31.8. The minimum atomic E-state index is -1.12. The molecule has 5 rings (SSSR count). The number of ether oxygens (including phenoxy) is 6. The summed E-state index contributed by atoms with van der Waals surface area (Å²) in [6, 6.07) is 23.5. The average Bonchev–Trinajstić information content (AvgIpc) is 3.52. The number of aliphatic hydroxyl groups is 2. The van der Waals surface area contributed by atoms with Crippen molar-refractivity contribution in [2.45, 2.75) is 50.0 Å². The minimum Gasteiger partial charge on any atom is -0.492 e. The van der Waals surface area contributed by atoms with Gasteiger partial charge in [0.25, 0.3) is 0 Å². The summed E-state index contributed by atoms with van der Waals surface area (Å²) in [5.74, 6) is -0.260. The molecule has 0 bridgehead atoms. The van der Waals surface area contributed by atoms with E-state index in [0.717, 1.165) is 60.9 Å². The third kappa shape index (κ3) is 14.2. The number of hydrogen-bond donors (Lipinski definition) is 4. The van der Waals surface area contributed by atoms with E-state index >= 15 is 0 Å². The zero-order valence-corrected chi connectivity index (χ0v) is 31.8. The SMILES string of the molecule is COCCOCCOCCOC(=O)N[C@@H](Cc1ccccc1)[C@@H](O)C[C@@H](Cc1ccc(OCCN2CCOCC2)cc1)C(=O)N[C@H]1c2ccccc2C[C@H]1O. The van der Waals surface area contributed by atoms with Crippen molar-refractivity contribution in [3.63, 3.8) is 0 Å². The standard InChI is InChI=1S/C42H57N3O10/c1-50-21-22-52-23-24-53-25-26-55-42(49)43-37(28-31-7-3-2-4-8-31)38(46)30-34(41(48)44-40-36-10-6-5-9-33(36)29-39(40)47)27-32-11-13-35(14-12-32)54-20-17-45-15-18-51-19-16-45/h2-14,34,37-40,46-47H,15-30H2,1H3,(H,43,49)(H,44,48)/t34-,37+,38+,39-,40+/m1/s1. The van der Waals surface area contributed by atoms with Crippen molar-refractivity contribution in [2.75, 3.05) is 86.2 Å². The Bertz CT molecular complexity index is 1560. The molecule has 0 radical (unpaired) electrons. The van der Waals surface area contributed by atoms with Gasteiger partial charge in [-0.25, -0.2) is 4.79 Å². The van der Waals surface area contributed by atoms with E-state index in [-0.39, 0.29) is 25.5 Å². The van der Waals surface area contributed by atoms with E-state index in [1.54, 1.807) is 7.11 Å². The molecule has 1 saturated heterocycles. The molecule has 0 saturated carbocycles. The molecule has 13 nitrogen and oxygen atoms in total. The maximum atomic E-state index is 14.1. The van der Waals surface area contributed by atoms with Crippen molar-refractivity contribution in [1.82, 2.24) is 15.5 Å². The minimum absolute atomic E-state index is 0.0151. The molecule has 3 aromatic rings. The molecule has 5 atom stereocenters. The maximum Gasteiger partial charge on any atom is 0.407 e. The molecule has 4 N–H and O–H groups in total. The summed E-state index contributed by atoms with van der Waals surface area (Å²) in [5, 5.41) is 28.7. The summed E-state index contributed by atoms with van der Waals surface area (Å²) < 4.78 is 32.6. The summed E-state index contributed by atoms with van der Waals surface area (Å²) in [6.07, 6.45) is -1.47. The Morgan fingerprint density at radius 3 is 2.25 bits per heavy atom. The van der Waals surface area contributed by atoms with Crippen molar-refractivity contribution >= 4 is 12.0 Å². The first-order valence-corrected chi connectivity index (χ1v) is 19.3. The van der Waals surface area contributed by atoms with Crippen LogP contribution in [0.1, 0.15) is 34.7 Å².